The normalized spacial score (nSPS) is 20.0. The van der Waals surface area contributed by atoms with Gasteiger partial charge in [0.05, 0.1) is 19.8 Å². The van der Waals surface area contributed by atoms with Crippen LogP contribution in [0.25, 0.3) is 0 Å². The Morgan fingerprint density at radius 3 is 3.06 bits per heavy atom. The maximum atomic E-state index is 5.63. The number of ether oxygens (including phenoxy) is 2. The first kappa shape index (κ1) is 12.2. The van der Waals surface area contributed by atoms with Crippen molar-refractivity contribution in [1.82, 2.24) is 5.32 Å². The number of nitrogens with one attached hydrogen (secondary N) is 2. The van der Waals surface area contributed by atoms with Crippen LogP contribution < -0.4 is 15.4 Å². The monoisotopic (exact) mass is 236 g/mol. The fraction of sp³-hybridized carbons (Fsp3) is 0.538. The third-order valence-electron chi connectivity index (χ3n) is 2.93. The minimum Gasteiger partial charge on any atom is -0.496 e. The van der Waals surface area contributed by atoms with Gasteiger partial charge < -0.3 is 20.1 Å². The SMILES string of the molecule is COc1ccc(NCC2CNCCO2)cc1C. The Morgan fingerprint density at radius 1 is 1.53 bits per heavy atom. The van der Waals surface area contributed by atoms with Gasteiger partial charge in [0.25, 0.3) is 0 Å². The molecule has 0 saturated carbocycles. The van der Waals surface area contributed by atoms with Crippen LogP contribution >= 0.6 is 0 Å². The molecule has 1 unspecified atom stereocenters. The third-order valence-corrected chi connectivity index (χ3v) is 2.93. The maximum absolute atomic E-state index is 5.63. The maximum Gasteiger partial charge on any atom is 0.121 e. The molecule has 1 heterocycles. The summed E-state index contributed by atoms with van der Waals surface area (Å²) in [6.45, 7) is 5.55. The highest BCUT2D eigenvalue weighted by atomic mass is 16.5. The Balaban J connectivity index is 1.87. The largest absolute Gasteiger partial charge is 0.496 e. The molecule has 1 saturated heterocycles. The highest BCUT2D eigenvalue weighted by molar-refractivity contribution is 5.50. The van der Waals surface area contributed by atoms with Crippen LogP contribution in [0.5, 0.6) is 5.75 Å². The molecule has 4 nitrogen and oxygen atoms in total. The van der Waals surface area contributed by atoms with Gasteiger partial charge in [0.15, 0.2) is 0 Å². The summed E-state index contributed by atoms with van der Waals surface area (Å²) < 4.78 is 10.9. The van der Waals surface area contributed by atoms with Crippen LogP contribution in [0.3, 0.4) is 0 Å². The van der Waals surface area contributed by atoms with Crippen LogP contribution in [-0.4, -0.2) is 39.5 Å². The molecule has 2 N–H and O–H groups in total. The number of morpholine rings is 1. The molecule has 2 rings (SSSR count). The highest BCUT2D eigenvalue weighted by Gasteiger charge is 2.12. The van der Waals surface area contributed by atoms with Gasteiger partial charge in [-0.3, -0.25) is 0 Å². The summed E-state index contributed by atoms with van der Waals surface area (Å²) in [6.07, 6.45) is 0.256. The van der Waals surface area contributed by atoms with E-state index in [-0.39, 0.29) is 6.10 Å². The van der Waals surface area contributed by atoms with E-state index in [1.54, 1.807) is 7.11 Å². The number of anilines is 1. The van der Waals surface area contributed by atoms with Crippen LogP contribution in [0, 0.1) is 6.92 Å². The lowest BCUT2D eigenvalue weighted by atomic mass is 10.2. The standard InChI is InChI=1S/C13H20N2O2/c1-10-7-11(3-4-13(10)16-2)15-9-12-8-14-5-6-17-12/h3-4,7,12,14-15H,5-6,8-9H2,1-2H3. The molecule has 0 aliphatic carbocycles. The Morgan fingerprint density at radius 2 is 2.41 bits per heavy atom. The van der Waals surface area contributed by atoms with Crippen LogP contribution in [-0.2, 0) is 4.74 Å². The quantitative estimate of drug-likeness (QED) is 0.829. The van der Waals surface area contributed by atoms with E-state index in [9.17, 15) is 0 Å². The van der Waals surface area contributed by atoms with Gasteiger partial charge in [0, 0.05) is 25.3 Å². The van der Waals surface area contributed by atoms with E-state index < -0.39 is 0 Å². The van der Waals surface area contributed by atoms with Gasteiger partial charge >= 0.3 is 0 Å². The van der Waals surface area contributed by atoms with Crippen molar-refractivity contribution in [2.45, 2.75) is 13.0 Å². The second kappa shape index (κ2) is 5.89. The van der Waals surface area contributed by atoms with Crippen LogP contribution in [0.1, 0.15) is 5.56 Å². The lowest BCUT2D eigenvalue weighted by molar-refractivity contribution is 0.0372. The average Bonchev–Trinajstić information content (AvgIpc) is 2.38. The Labute approximate surface area is 102 Å². The van der Waals surface area contributed by atoms with Crippen molar-refractivity contribution >= 4 is 5.69 Å². The lowest BCUT2D eigenvalue weighted by Gasteiger charge is -2.24. The van der Waals surface area contributed by atoms with Gasteiger partial charge in [-0.1, -0.05) is 0 Å². The number of aryl methyl sites for hydroxylation is 1. The number of benzene rings is 1. The first-order valence-corrected chi connectivity index (χ1v) is 6.00. The molecule has 0 spiro atoms. The van der Waals surface area contributed by atoms with E-state index in [1.165, 1.54) is 0 Å². The summed E-state index contributed by atoms with van der Waals surface area (Å²) in [5.41, 5.74) is 2.25. The van der Waals surface area contributed by atoms with E-state index in [2.05, 4.69) is 16.7 Å². The molecule has 0 radical (unpaired) electrons. The van der Waals surface area contributed by atoms with E-state index in [0.717, 1.165) is 43.2 Å². The van der Waals surface area contributed by atoms with E-state index in [1.807, 2.05) is 19.1 Å². The molecule has 1 aliphatic rings. The van der Waals surface area contributed by atoms with Crippen LogP contribution in [0.4, 0.5) is 5.69 Å². The predicted octanol–water partition coefficient (Wildman–Crippen LogP) is 1.40. The predicted molar refractivity (Wildman–Crippen MR) is 68.8 cm³/mol. The van der Waals surface area contributed by atoms with Crippen molar-refractivity contribution in [3.05, 3.63) is 23.8 Å². The summed E-state index contributed by atoms with van der Waals surface area (Å²) in [7, 11) is 1.69. The van der Waals surface area contributed by atoms with E-state index >= 15 is 0 Å². The fourth-order valence-electron chi connectivity index (χ4n) is 1.97. The lowest BCUT2D eigenvalue weighted by Crippen LogP contribution is -2.42. The molecule has 0 bridgehead atoms. The van der Waals surface area contributed by atoms with Gasteiger partial charge in [-0.2, -0.15) is 0 Å². The fourth-order valence-corrected chi connectivity index (χ4v) is 1.97. The molecule has 1 atom stereocenters. The number of hydrogen-bond donors (Lipinski definition) is 2. The third kappa shape index (κ3) is 3.35. The van der Waals surface area contributed by atoms with E-state index in [4.69, 9.17) is 9.47 Å². The molecular weight excluding hydrogens is 216 g/mol. The molecular formula is C13H20N2O2. The first-order valence-electron chi connectivity index (χ1n) is 6.00. The number of rotatable bonds is 4. The zero-order chi connectivity index (χ0) is 12.1. The van der Waals surface area contributed by atoms with Crippen molar-refractivity contribution in [2.75, 3.05) is 38.7 Å². The summed E-state index contributed by atoms with van der Waals surface area (Å²) in [5.74, 6) is 0.922. The molecule has 0 amide bonds. The van der Waals surface area contributed by atoms with Gasteiger partial charge in [-0.05, 0) is 30.7 Å². The Kier molecular flexibility index (Phi) is 4.23. The minimum absolute atomic E-state index is 0.256. The molecule has 17 heavy (non-hydrogen) atoms. The number of hydrogen-bond acceptors (Lipinski definition) is 4. The van der Waals surface area contributed by atoms with Crippen molar-refractivity contribution in [3.63, 3.8) is 0 Å². The second-order valence-corrected chi connectivity index (χ2v) is 4.26. The van der Waals surface area contributed by atoms with Crippen molar-refractivity contribution < 1.29 is 9.47 Å². The van der Waals surface area contributed by atoms with E-state index in [0.29, 0.717) is 0 Å². The van der Waals surface area contributed by atoms with Gasteiger partial charge in [-0.25, -0.2) is 0 Å². The summed E-state index contributed by atoms with van der Waals surface area (Å²) in [4.78, 5) is 0. The van der Waals surface area contributed by atoms with Crippen molar-refractivity contribution in [2.24, 2.45) is 0 Å². The smallest absolute Gasteiger partial charge is 0.121 e. The molecule has 0 aromatic heterocycles. The molecule has 1 aromatic rings. The minimum atomic E-state index is 0.256. The molecule has 1 aliphatic heterocycles. The van der Waals surface area contributed by atoms with Gasteiger partial charge in [0.2, 0.25) is 0 Å². The Bertz CT molecular complexity index is 362. The first-order chi connectivity index (χ1) is 8.29. The van der Waals surface area contributed by atoms with Crippen LogP contribution in [0.15, 0.2) is 18.2 Å². The van der Waals surface area contributed by atoms with Crippen LogP contribution in [0.2, 0.25) is 0 Å². The highest BCUT2D eigenvalue weighted by Crippen LogP contribution is 2.21. The van der Waals surface area contributed by atoms with Crippen molar-refractivity contribution in [3.8, 4) is 5.75 Å². The van der Waals surface area contributed by atoms with Gasteiger partial charge in [-0.15, -0.1) is 0 Å². The topological polar surface area (TPSA) is 42.5 Å². The molecule has 1 aromatic carbocycles. The Hall–Kier alpha value is -1.26. The van der Waals surface area contributed by atoms with Gasteiger partial charge in [0.1, 0.15) is 5.75 Å². The summed E-state index contributed by atoms with van der Waals surface area (Å²) in [5, 5.41) is 6.70. The average molecular weight is 236 g/mol. The molecule has 1 fully saturated rings. The summed E-state index contributed by atoms with van der Waals surface area (Å²) >= 11 is 0. The second-order valence-electron chi connectivity index (χ2n) is 4.26. The number of methoxy groups -OCH3 is 1. The zero-order valence-electron chi connectivity index (χ0n) is 10.5. The van der Waals surface area contributed by atoms with Crippen molar-refractivity contribution in [1.29, 1.82) is 0 Å². The zero-order valence-corrected chi connectivity index (χ0v) is 10.5. The molecule has 4 heteroatoms. The summed E-state index contributed by atoms with van der Waals surface area (Å²) in [6, 6.07) is 6.11. The molecule has 94 valence electrons.